The molecule has 1 aromatic heterocycles. The number of thiazole rings is 1. The van der Waals surface area contributed by atoms with Crippen molar-refractivity contribution in [3.8, 4) is 0 Å². The topological polar surface area (TPSA) is 43.4 Å². The van der Waals surface area contributed by atoms with Gasteiger partial charge in [0.25, 0.3) is 0 Å². The van der Waals surface area contributed by atoms with Crippen LogP contribution in [0.5, 0.6) is 0 Å². The van der Waals surface area contributed by atoms with Crippen molar-refractivity contribution in [3.63, 3.8) is 0 Å². The summed E-state index contributed by atoms with van der Waals surface area (Å²) in [5.41, 5.74) is 0. The summed E-state index contributed by atoms with van der Waals surface area (Å²) in [7, 11) is 1.68. The van der Waals surface area contributed by atoms with Crippen LogP contribution in [0.2, 0.25) is 0 Å². The summed E-state index contributed by atoms with van der Waals surface area (Å²) >= 11 is 1.73. The number of hydrogen-bond acceptors (Lipinski definition) is 5. The molecule has 0 saturated heterocycles. The third-order valence-electron chi connectivity index (χ3n) is 2.14. The standard InChI is InChI=1S/C11H20N2O2S/c1-9-8-13-11(16-9)10(2)12-4-5-15-7-6-14-3/h8,10,12H,4-7H2,1-3H3. The van der Waals surface area contributed by atoms with Gasteiger partial charge >= 0.3 is 0 Å². The van der Waals surface area contributed by atoms with Gasteiger partial charge in [-0.25, -0.2) is 4.98 Å². The average molecular weight is 244 g/mol. The zero-order valence-electron chi connectivity index (χ0n) is 10.2. The third-order valence-corrected chi connectivity index (χ3v) is 3.23. The molecule has 0 spiro atoms. The molecule has 4 nitrogen and oxygen atoms in total. The van der Waals surface area contributed by atoms with E-state index in [9.17, 15) is 0 Å². The summed E-state index contributed by atoms with van der Waals surface area (Å²) in [6, 6.07) is 0.296. The van der Waals surface area contributed by atoms with Crippen LogP contribution < -0.4 is 5.32 Å². The predicted octanol–water partition coefficient (Wildman–Crippen LogP) is 1.77. The van der Waals surface area contributed by atoms with Gasteiger partial charge in [-0.2, -0.15) is 0 Å². The van der Waals surface area contributed by atoms with E-state index in [2.05, 4.69) is 24.1 Å². The van der Waals surface area contributed by atoms with Crippen molar-refractivity contribution in [3.05, 3.63) is 16.1 Å². The van der Waals surface area contributed by atoms with Crippen LogP contribution in [-0.4, -0.2) is 38.5 Å². The molecule has 92 valence electrons. The zero-order valence-corrected chi connectivity index (χ0v) is 11.0. The normalized spacial score (nSPS) is 12.9. The number of rotatable bonds is 8. The van der Waals surface area contributed by atoms with Crippen LogP contribution in [-0.2, 0) is 9.47 Å². The fraction of sp³-hybridized carbons (Fsp3) is 0.727. The lowest BCUT2D eigenvalue weighted by Crippen LogP contribution is -2.23. The van der Waals surface area contributed by atoms with Crippen molar-refractivity contribution in [2.45, 2.75) is 19.9 Å². The van der Waals surface area contributed by atoms with E-state index in [-0.39, 0.29) is 0 Å². The molecule has 1 N–H and O–H groups in total. The smallest absolute Gasteiger partial charge is 0.109 e. The predicted molar refractivity (Wildman–Crippen MR) is 66.0 cm³/mol. The van der Waals surface area contributed by atoms with E-state index in [0.29, 0.717) is 25.9 Å². The summed E-state index contributed by atoms with van der Waals surface area (Å²) in [6.07, 6.45) is 1.91. The molecule has 0 radical (unpaired) electrons. The molecule has 1 unspecified atom stereocenters. The maximum atomic E-state index is 5.36. The highest BCUT2D eigenvalue weighted by molar-refractivity contribution is 7.11. The number of ether oxygens (including phenoxy) is 2. The quantitative estimate of drug-likeness (QED) is 0.708. The number of methoxy groups -OCH3 is 1. The number of nitrogens with one attached hydrogen (secondary N) is 1. The molecule has 1 atom stereocenters. The van der Waals surface area contributed by atoms with Crippen molar-refractivity contribution >= 4 is 11.3 Å². The number of aromatic nitrogens is 1. The second-order valence-corrected chi connectivity index (χ2v) is 4.86. The highest BCUT2D eigenvalue weighted by Gasteiger charge is 2.07. The molecule has 1 aromatic rings. The molecule has 0 aromatic carbocycles. The van der Waals surface area contributed by atoms with Crippen molar-refractivity contribution in [1.82, 2.24) is 10.3 Å². The van der Waals surface area contributed by atoms with E-state index in [1.54, 1.807) is 18.4 Å². The Bertz CT molecular complexity index is 291. The molecule has 0 amide bonds. The van der Waals surface area contributed by atoms with Crippen molar-refractivity contribution in [2.75, 3.05) is 33.5 Å². The van der Waals surface area contributed by atoms with Crippen LogP contribution in [0, 0.1) is 6.92 Å². The first kappa shape index (κ1) is 13.6. The van der Waals surface area contributed by atoms with Crippen LogP contribution in [0.3, 0.4) is 0 Å². The molecule has 1 rings (SSSR count). The van der Waals surface area contributed by atoms with Gasteiger partial charge in [-0.05, 0) is 13.8 Å². The van der Waals surface area contributed by atoms with Crippen molar-refractivity contribution in [1.29, 1.82) is 0 Å². The van der Waals surface area contributed by atoms with E-state index < -0.39 is 0 Å². The second-order valence-electron chi connectivity index (χ2n) is 3.59. The van der Waals surface area contributed by atoms with E-state index in [1.165, 1.54) is 4.88 Å². The van der Waals surface area contributed by atoms with Crippen LogP contribution in [0.4, 0.5) is 0 Å². The highest BCUT2D eigenvalue weighted by atomic mass is 32.1. The Hall–Kier alpha value is -0.490. The average Bonchev–Trinajstić information content (AvgIpc) is 2.70. The van der Waals surface area contributed by atoms with Gasteiger partial charge in [0.1, 0.15) is 5.01 Å². The molecule has 0 bridgehead atoms. The molecule has 0 aliphatic heterocycles. The zero-order chi connectivity index (χ0) is 11.8. The first-order valence-corrected chi connectivity index (χ1v) is 6.28. The minimum atomic E-state index is 0.296. The van der Waals surface area contributed by atoms with E-state index in [0.717, 1.165) is 11.6 Å². The second kappa shape index (κ2) is 7.73. The fourth-order valence-electron chi connectivity index (χ4n) is 1.25. The van der Waals surface area contributed by atoms with Gasteiger partial charge in [-0.1, -0.05) is 0 Å². The summed E-state index contributed by atoms with van der Waals surface area (Å²) < 4.78 is 10.2. The molecule has 0 aliphatic carbocycles. The van der Waals surface area contributed by atoms with E-state index >= 15 is 0 Å². The maximum absolute atomic E-state index is 5.36. The van der Waals surface area contributed by atoms with Crippen LogP contribution in [0.1, 0.15) is 22.9 Å². The Balaban J connectivity index is 2.09. The number of nitrogens with zero attached hydrogens (tertiary/aromatic N) is 1. The Kier molecular flexibility index (Phi) is 6.56. The lowest BCUT2D eigenvalue weighted by Gasteiger charge is -2.11. The van der Waals surface area contributed by atoms with Crippen molar-refractivity contribution < 1.29 is 9.47 Å². The maximum Gasteiger partial charge on any atom is 0.109 e. The van der Waals surface area contributed by atoms with Gasteiger partial charge in [0, 0.05) is 24.7 Å². The number of aryl methyl sites for hydroxylation is 1. The Labute approximate surface area is 101 Å². The molecule has 5 heteroatoms. The fourth-order valence-corrected chi connectivity index (χ4v) is 2.05. The van der Waals surface area contributed by atoms with Crippen LogP contribution in [0.15, 0.2) is 6.20 Å². The lowest BCUT2D eigenvalue weighted by molar-refractivity contribution is 0.0712. The van der Waals surface area contributed by atoms with Crippen molar-refractivity contribution in [2.24, 2.45) is 0 Å². The summed E-state index contributed by atoms with van der Waals surface area (Å²) in [4.78, 5) is 5.59. The molecular formula is C11H20N2O2S. The largest absolute Gasteiger partial charge is 0.382 e. The SMILES string of the molecule is COCCOCCNC(C)c1ncc(C)s1. The Morgan fingerprint density at radius 3 is 2.88 bits per heavy atom. The third kappa shape index (κ3) is 5.03. The molecule has 0 aliphatic rings. The van der Waals surface area contributed by atoms with Crippen LogP contribution in [0.25, 0.3) is 0 Å². The van der Waals surface area contributed by atoms with Gasteiger partial charge in [0.15, 0.2) is 0 Å². The Morgan fingerprint density at radius 1 is 1.44 bits per heavy atom. The molecule has 0 fully saturated rings. The van der Waals surface area contributed by atoms with Crippen LogP contribution >= 0.6 is 11.3 Å². The summed E-state index contributed by atoms with van der Waals surface area (Å²) in [5.74, 6) is 0. The molecular weight excluding hydrogens is 224 g/mol. The molecule has 1 heterocycles. The minimum Gasteiger partial charge on any atom is -0.382 e. The van der Waals surface area contributed by atoms with Gasteiger partial charge in [0.2, 0.25) is 0 Å². The molecule has 16 heavy (non-hydrogen) atoms. The molecule has 0 saturated carbocycles. The summed E-state index contributed by atoms with van der Waals surface area (Å²) in [5, 5.41) is 4.50. The summed E-state index contributed by atoms with van der Waals surface area (Å²) in [6.45, 7) is 7.04. The van der Waals surface area contributed by atoms with Gasteiger partial charge < -0.3 is 14.8 Å². The van der Waals surface area contributed by atoms with Gasteiger partial charge in [-0.3, -0.25) is 0 Å². The van der Waals surface area contributed by atoms with E-state index in [1.807, 2.05) is 6.20 Å². The van der Waals surface area contributed by atoms with Gasteiger partial charge in [0.05, 0.1) is 25.9 Å². The number of hydrogen-bond donors (Lipinski definition) is 1. The monoisotopic (exact) mass is 244 g/mol. The first-order chi connectivity index (χ1) is 7.74. The van der Waals surface area contributed by atoms with E-state index in [4.69, 9.17) is 9.47 Å². The lowest BCUT2D eigenvalue weighted by atomic mass is 10.3. The highest BCUT2D eigenvalue weighted by Crippen LogP contribution is 2.18. The Morgan fingerprint density at radius 2 is 2.25 bits per heavy atom. The van der Waals surface area contributed by atoms with Gasteiger partial charge in [-0.15, -0.1) is 11.3 Å². The first-order valence-electron chi connectivity index (χ1n) is 5.46. The minimum absolute atomic E-state index is 0.296.